The van der Waals surface area contributed by atoms with Gasteiger partial charge in [0.15, 0.2) is 11.6 Å². The van der Waals surface area contributed by atoms with E-state index in [0.29, 0.717) is 6.54 Å². The van der Waals surface area contributed by atoms with Gasteiger partial charge in [0.2, 0.25) is 0 Å². The summed E-state index contributed by atoms with van der Waals surface area (Å²) in [5.41, 5.74) is 0.970. The summed E-state index contributed by atoms with van der Waals surface area (Å²) in [6.45, 7) is 2.63. The van der Waals surface area contributed by atoms with Gasteiger partial charge in [-0.15, -0.1) is 11.3 Å². The van der Waals surface area contributed by atoms with E-state index in [0.717, 1.165) is 10.7 Å². The van der Waals surface area contributed by atoms with Crippen molar-refractivity contribution >= 4 is 11.3 Å². The van der Waals surface area contributed by atoms with Crippen molar-refractivity contribution in [1.82, 2.24) is 9.88 Å². The minimum absolute atomic E-state index is 0.0140. The summed E-state index contributed by atoms with van der Waals surface area (Å²) >= 11 is 1.54. The van der Waals surface area contributed by atoms with Crippen LogP contribution >= 0.6 is 11.3 Å². The third-order valence-corrected chi connectivity index (χ3v) is 3.82. The molecule has 1 aromatic carbocycles. The van der Waals surface area contributed by atoms with Gasteiger partial charge in [-0.1, -0.05) is 0 Å². The molecule has 1 aromatic heterocycles. The summed E-state index contributed by atoms with van der Waals surface area (Å²) in [5, 5.41) is 2.88. The maximum atomic E-state index is 14.0. The highest BCUT2D eigenvalue weighted by molar-refractivity contribution is 7.09. The van der Waals surface area contributed by atoms with Gasteiger partial charge in [0.25, 0.3) is 0 Å². The van der Waals surface area contributed by atoms with Crippen LogP contribution in [0.2, 0.25) is 0 Å². The zero-order valence-corrected chi connectivity index (χ0v) is 12.4. The van der Waals surface area contributed by atoms with Crippen molar-refractivity contribution in [1.29, 1.82) is 0 Å². The number of halogens is 2. The Hall–Kier alpha value is -1.53. The number of rotatable bonds is 5. The smallest absolute Gasteiger partial charge is 0.172 e. The first-order valence-corrected chi connectivity index (χ1v) is 6.99. The van der Waals surface area contributed by atoms with Crippen LogP contribution in [0.4, 0.5) is 8.78 Å². The molecule has 20 heavy (non-hydrogen) atoms. The Morgan fingerprint density at radius 2 is 2.05 bits per heavy atom. The zero-order chi connectivity index (χ0) is 14.7. The number of aromatic nitrogens is 1. The minimum Gasteiger partial charge on any atom is -0.494 e. The fourth-order valence-electron chi connectivity index (χ4n) is 1.91. The van der Waals surface area contributed by atoms with Crippen LogP contribution in [0.3, 0.4) is 0 Å². The van der Waals surface area contributed by atoms with Crippen LogP contribution in [-0.2, 0) is 13.1 Å². The van der Waals surface area contributed by atoms with E-state index in [1.165, 1.54) is 30.6 Å². The van der Waals surface area contributed by atoms with Crippen molar-refractivity contribution in [2.75, 3.05) is 14.2 Å². The Morgan fingerprint density at radius 3 is 2.65 bits per heavy atom. The summed E-state index contributed by atoms with van der Waals surface area (Å²) in [5.74, 6) is -1.15. The van der Waals surface area contributed by atoms with Crippen molar-refractivity contribution in [3.8, 4) is 5.75 Å². The predicted octanol–water partition coefficient (Wildman–Crippen LogP) is 3.37. The standard InChI is InChI=1S/C14H16F2N2OS/c1-9-8-20-13(17-9)7-18(2)6-10-11(15)4-5-12(19-3)14(10)16/h4-5,8H,6-7H2,1-3H3. The highest BCUT2D eigenvalue weighted by Crippen LogP contribution is 2.24. The molecule has 6 heteroatoms. The molecular formula is C14H16F2N2OS. The third kappa shape index (κ3) is 3.32. The average Bonchev–Trinajstić information content (AvgIpc) is 2.80. The van der Waals surface area contributed by atoms with Gasteiger partial charge in [-0.05, 0) is 26.1 Å². The second kappa shape index (κ2) is 6.28. The van der Waals surface area contributed by atoms with Crippen molar-refractivity contribution in [2.24, 2.45) is 0 Å². The highest BCUT2D eigenvalue weighted by Gasteiger charge is 2.16. The Bertz CT molecular complexity index is 601. The van der Waals surface area contributed by atoms with E-state index in [9.17, 15) is 8.78 Å². The van der Waals surface area contributed by atoms with Crippen LogP contribution in [-0.4, -0.2) is 24.0 Å². The first kappa shape index (κ1) is 14.9. The van der Waals surface area contributed by atoms with Crippen LogP contribution in [0.25, 0.3) is 0 Å². The van der Waals surface area contributed by atoms with E-state index < -0.39 is 11.6 Å². The molecule has 0 atom stereocenters. The van der Waals surface area contributed by atoms with Gasteiger partial charge >= 0.3 is 0 Å². The molecule has 0 N–H and O–H groups in total. The molecule has 3 nitrogen and oxygen atoms in total. The maximum absolute atomic E-state index is 14.0. The van der Waals surface area contributed by atoms with E-state index in [1.54, 1.807) is 7.05 Å². The molecule has 1 heterocycles. The molecule has 108 valence electrons. The molecule has 0 amide bonds. The molecule has 0 saturated carbocycles. The van der Waals surface area contributed by atoms with Crippen LogP contribution in [0, 0.1) is 18.6 Å². The lowest BCUT2D eigenvalue weighted by atomic mass is 10.1. The van der Waals surface area contributed by atoms with Gasteiger partial charge in [0.05, 0.1) is 13.7 Å². The molecule has 0 radical (unpaired) electrons. The molecule has 0 fully saturated rings. The molecule has 0 spiro atoms. The number of nitrogens with zero attached hydrogens (tertiary/aromatic N) is 2. The molecule has 2 rings (SSSR count). The lowest BCUT2D eigenvalue weighted by molar-refractivity contribution is 0.301. The van der Waals surface area contributed by atoms with E-state index >= 15 is 0 Å². The topological polar surface area (TPSA) is 25.4 Å². The van der Waals surface area contributed by atoms with E-state index in [2.05, 4.69) is 4.98 Å². The van der Waals surface area contributed by atoms with Crippen LogP contribution in [0.1, 0.15) is 16.3 Å². The Kier molecular flexibility index (Phi) is 4.67. The van der Waals surface area contributed by atoms with E-state index in [4.69, 9.17) is 4.74 Å². The van der Waals surface area contributed by atoms with Gasteiger partial charge in [-0.2, -0.15) is 0 Å². The summed E-state index contributed by atoms with van der Waals surface area (Å²) in [6.07, 6.45) is 0. The summed E-state index contributed by atoms with van der Waals surface area (Å²) in [4.78, 5) is 6.15. The lowest BCUT2D eigenvalue weighted by Crippen LogP contribution is -2.19. The van der Waals surface area contributed by atoms with Crippen LogP contribution < -0.4 is 4.74 Å². The number of hydrogen-bond acceptors (Lipinski definition) is 4. The van der Waals surface area contributed by atoms with E-state index in [1.807, 2.05) is 17.2 Å². The molecule has 0 saturated heterocycles. The second-order valence-corrected chi connectivity index (χ2v) is 5.54. The molecule has 0 aliphatic rings. The largest absolute Gasteiger partial charge is 0.494 e. The zero-order valence-electron chi connectivity index (χ0n) is 11.6. The highest BCUT2D eigenvalue weighted by atomic mass is 32.1. The molecule has 0 aliphatic carbocycles. The van der Waals surface area contributed by atoms with E-state index in [-0.39, 0.29) is 17.9 Å². The van der Waals surface area contributed by atoms with Crippen molar-refractivity contribution in [2.45, 2.75) is 20.0 Å². The Labute approximate surface area is 120 Å². The molecule has 2 aromatic rings. The third-order valence-electron chi connectivity index (χ3n) is 2.87. The predicted molar refractivity (Wildman–Crippen MR) is 74.9 cm³/mol. The van der Waals surface area contributed by atoms with Gasteiger partial charge in [-0.3, -0.25) is 4.90 Å². The summed E-state index contributed by atoms with van der Waals surface area (Å²) in [7, 11) is 3.16. The van der Waals surface area contributed by atoms with Gasteiger partial charge < -0.3 is 4.74 Å². The van der Waals surface area contributed by atoms with Gasteiger partial charge in [-0.25, -0.2) is 13.8 Å². The normalized spacial score (nSPS) is 11.1. The lowest BCUT2D eigenvalue weighted by Gasteiger charge is -2.17. The SMILES string of the molecule is COc1ccc(F)c(CN(C)Cc2nc(C)cs2)c1F. The number of hydrogen-bond donors (Lipinski definition) is 0. The minimum atomic E-state index is -0.644. The molecule has 0 unspecified atom stereocenters. The average molecular weight is 298 g/mol. The van der Waals surface area contributed by atoms with Crippen molar-refractivity contribution in [3.05, 3.63) is 45.4 Å². The van der Waals surface area contributed by atoms with Crippen molar-refractivity contribution < 1.29 is 13.5 Å². The van der Waals surface area contributed by atoms with Gasteiger partial charge in [0.1, 0.15) is 10.8 Å². The molecule has 0 aliphatic heterocycles. The number of methoxy groups -OCH3 is 1. The number of benzene rings is 1. The summed E-state index contributed by atoms with van der Waals surface area (Å²) in [6, 6.07) is 2.51. The van der Waals surface area contributed by atoms with Crippen molar-refractivity contribution in [3.63, 3.8) is 0 Å². The molecule has 0 bridgehead atoms. The number of thiazole rings is 1. The first-order chi connectivity index (χ1) is 9.51. The Morgan fingerprint density at radius 1 is 1.30 bits per heavy atom. The van der Waals surface area contributed by atoms with Crippen LogP contribution in [0.15, 0.2) is 17.5 Å². The monoisotopic (exact) mass is 298 g/mol. The number of ether oxygens (including phenoxy) is 1. The second-order valence-electron chi connectivity index (χ2n) is 4.60. The fraction of sp³-hybridized carbons (Fsp3) is 0.357. The van der Waals surface area contributed by atoms with Gasteiger partial charge in [0, 0.05) is 23.2 Å². The van der Waals surface area contributed by atoms with Crippen LogP contribution in [0.5, 0.6) is 5.75 Å². The molecular weight excluding hydrogens is 282 g/mol. The quantitative estimate of drug-likeness (QED) is 0.846. The fourth-order valence-corrected chi connectivity index (χ4v) is 2.76. The summed E-state index contributed by atoms with van der Waals surface area (Å²) < 4.78 is 32.6. The first-order valence-electron chi connectivity index (χ1n) is 6.11. The Balaban J connectivity index is 2.13. The number of aryl methyl sites for hydroxylation is 1. The maximum Gasteiger partial charge on any atom is 0.172 e.